The highest BCUT2D eigenvalue weighted by atomic mass is 32.2. The highest BCUT2D eigenvalue weighted by molar-refractivity contribution is 7.99. The number of rotatable bonds is 4. The van der Waals surface area contributed by atoms with Crippen LogP contribution in [0.15, 0.2) is 85.9 Å². The maximum absolute atomic E-state index is 12.7. The summed E-state index contributed by atoms with van der Waals surface area (Å²) in [5.41, 5.74) is 1.83. The molecule has 1 N–H and O–H groups in total. The first-order valence-electron chi connectivity index (χ1n) is 8.52. The minimum atomic E-state index is -0.157. The maximum atomic E-state index is 12.7. The normalized spacial score (nSPS) is 11.8. The standard InChI is InChI=1S/C22H18N2O2S/c1-15-8-11-19(12-9-15)27-21-13-10-18(26-21)14-20-16(2)23-24(22(20)25)17-6-4-3-5-7-17/h3-14,23H,2H2,1H3. The lowest BCUT2D eigenvalue weighted by molar-refractivity contribution is 0.466. The van der Waals surface area contributed by atoms with E-state index in [1.165, 1.54) is 10.2 Å². The second-order valence-electron chi connectivity index (χ2n) is 6.20. The molecule has 0 fully saturated rings. The number of aromatic amines is 1. The monoisotopic (exact) mass is 374 g/mol. The largest absolute Gasteiger partial charge is 0.450 e. The zero-order valence-corrected chi connectivity index (χ0v) is 15.6. The molecule has 2 aromatic carbocycles. The number of para-hydroxylation sites is 1. The third kappa shape index (κ3) is 3.68. The Labute approximate surface area is 160 Å². The molecule has 0 atom stereocenters. The summed E-state index contributed by atoms with van der Waals surface area (Å²) in [4.78, 5) is 13.8. The molecule has 0 aliphatic rings. The lowest BCUT2D eigenvalue weighted by atomic mass is 10.2. The summed E-state index contributed by atoms with van der Waals surface area (Å²) in [6.45, 7) is 6.01. The Balaban J connectivity index is 1.66. The van der Waals surface area contributed by atoms with Crippen molar-refractivity contribution in [2.24, 2.45) is 0 Å². The highest BCUT2D eigenvalue weighted by Crippen LogP contribution is 2.29. The first-order valence-corrected chi connectivity index (χ1v) is 9.33. The van der Waals surface area contributed by atoms with E-state index in [0.717, 1.165) is 15.7 Å². The molecule has 0 saturated carbocycles. The van der Waals surface area contributed by atoms with Gasteiger partial charge in [0.1, 0.15) is 5.76 Å². The van der Waals surface area contributed by atoms with Gasteiger partial charge in [-0.25, -0.2) is 4.68 Å². The molecule has 0 saturated heterocycles. The van der Waals surface area contributed by atoms with Gasteiger partial charge in [0.15, 0.2) is 5.09 Å². The van der Waals surface area contributed by atoms with Crippen LogP contribution in [0, 0.1) is 6.92 Å². The lowest BCUT2D eigenvalue weighted by Gasteiger charge is -1.98. The second kappa shape index (κ2) is 7.21. The van der Waals surface area contributed by atoms with E-state index in [-0.39, 0.29) is 5.56 Å². The van der Waals surface area contributed by atoms with Crippen molar-refractivity contribution in [3.63, 3.8) is 0 Å². The number of hydrogen-bond acceptors (Lipinski definition) is 3. The van der Waals surface area contributed by atoms with Crippen molar-refractivity contribution in [1.29, 1.82) is 0 Å². The van der Waals surface area contributed by atoms with Gasteiger partial charge in [0.2, 0.25) is 0 Å². The molecule has 2 aromatic heterocycles. The van der Waals surface area contributed by atoms with E-state index < -0.39 is 0 Å². The smallest absolute Gasteiger partial charge is 0.279 e. The molecule has 0 aliphatic carbocycles. The van der Waals surface area contributed by atoms with Gasteiger partial charge in [-0.1, -0.05) is 54.2 Å². The van der Waals surface area contributed by atoms with Gasteiger partial charge in [-0.05, 0) is 49.4 Å². The van der Waals surface area contributed by atoms with Gasteiger partial charge in [0.25, 0.3) is 5.56 Å². The third-order valence-corrected chi connectivity index (χ3v) is 5.08. The molecule has 4 nitrogen and oxygen atoms in total. The SMILES string of the molecule is C=c1[nH]n(-c2ccccc2)c(=O)c1=Cc1ccc(Sc2ccc(C)cc2)o1. The van der Waals surface area contributed by atoms with Gasteiger partial charge >= 0.3 is 0 Å². The van der Waals surface area contributed by atoms with Crippen LogP contribution in [0.5, 0.6) is 0 Å². The van der Waals surface area contributed by atoms with Crippen molar-refractivity contribution in [1.82, 2.24) is 9.78 Å². The molecule has 2 heterocycles. The first-order chi connectivity index (χ1) is 13.1. The lowest BCUT2D eigenvalue weighted by Crippen LogP contribution is -2.33. The highest BCUT2D eigenvalue weighted by Gasteiger charge is 2.07. The zero-order chi connectivity index (χ0) is 18.8. The molecule has 0 radical (unpaired) electrons. The van der Waals surface area contributed by atoms with E-state index in [0.29, 0.717) is 16.3 Å². The summed E-state index contributed by atoms with van der Waals surface area (Å²) in [6, 6.07) is 21.4. The van der Waals surface area contributed by atoms with E-state index >= 15 is 0 Å². The molecular weight excluding hydrogens is 356 g/mol. The molecule has 27 heavy (non-hydrogen) atoms. The molecule has 0 spiro atoms. The Bertz CT molecular complexity index is 1230. The van der Waals surface area contributed by atoms with Crippen molar-refractivity contribution in [3.8, 4) is 5.69 Å². The van der Waals surface area contributed by atoms with Crippen LogP contribution in [-0.2, 0) is 0 Å². The fourth-order valence-electron chi connectivity index (χ4n) is 2.73. The Morgan fingerprint density at radius 3 is 2.52 bits per heavy atom. The number of nitrogens with zero attached hydrogens (tertiary/aromatic N) is 1. The van der Waals surface area contributed by atoms with Crippen LogP contribution in [0.3, 0.4) is 0 Å². The Hall–Kier alpha value is -3.18. The van der Waals surface area contributed by atoms with E-state index in [9.17, 15) is 4.79 Å². The molecule has 4 aromatic rings. The van der Waals surface area contributed by atoms with Crippen LogP contribution in [0.1, 0.15) is 11.3 Å². The molecule has 0 bridgehead atoms. The average molecular weight is 374 g/mol. The summed E-state index contributed by atoms with van der Waals surface area (Å²) >= 11 is 1.54. The number of furan rings is 1. The summed E-state index contributed by atoms with van der Waals surface area (Å²) in [5, 5.41) is 4.82. The molecule has 134 valence electrons. The number of aryl methyl sites for hydroxylation is 1. The van der Waals surface area contributed by atoms with Crippen LogP contribution in [0.4, 0.5) is 0 Å². The fourth-order valence-corrected chi connectivity index (χ4v) is 3.51. The van der Waals surface area contributed by atoms with Gasteiger partial charge in [0, 0.05) is 4.90 Å². The average Bonchev–Trinajstić information content (AvgIpc) is 3.24. The van der Waals surface area contributed by atoms with Crippen molar-refractivity contribution in [3.05, 3.63) is 99.0 Å². The Morgan fingerprint density at radius 2 is 1.78 bits per heavy atom. The summed E-state index contributed by atoms with van der Waals surface area (Å²) < 4.78 is 7.35. The molecule has 0 aliphatic heterocycles. The van der Waals surface area contributed by atoms with Crippen molar-refractivity contribution < 1.29 is 4.42 Å². The van der Waals surface area contributed by atoms with Crippen molar-refractivity contribution >= 4 is 24.4 Å². The van der Waals surface area contributed by atoms with Gasteiger partial charge < -0.3 is 4.42 Å². The van der Waals surface area contributed by atoms with Gasteiger partial charge in [-0.2, -0.15) is 0 Å². The number of aromatic nitrogens is 2. The number of nitrogens with one attached hydrogen (secondary N) is 1. The van der Waals surface area contributed by atoms with E-state index in [4.69, 9.17) is 4.42 Å². The van der Waals surface area contributed by atoms with Crippen LogP contribution in [-0.4, -0.2) is 9.78 Å². The molecular formula is C22H18N2O2S. The zero-order valence-electron chi connectivity index (χ0n) is 14.8. The van der Waals surface area contributed by atoms with E-state index in [2.05, 4.69) is 42.9 Å². The predicted octanol–water partition coefficient (Wildman–Crippen LogP) is 3.46. The van der Waals surface area contributed by atoms with Crippen LogP contribution >= 0.6 is 11.8 Å². The van der Waals surface area contributed by atoms with Crippen molar-refractivity contribution in [2.75, 3.05) is 0 Å². The maximum Gasteiger partial charge on any atom is 0.279 e. The molecule has 4 rings (SSSR count). The quantitative estimate of drug-likeness (QED) is 0.595. The molecule has 0 unspecified atom stereocenters. The molecule has 5 heteroatoms. The van der Waals surface area contributed by atoms with E-state index in [1.54, 1.807) is 17.8 Å². The third-order valence-electron chi connectivity index (χ3n) is 4.15. The topological polar surface area (TPSA) is 50.9 Å². The summed E-state index contributed by atoms with van der Waals surface area (Å²) in [7, 11) is 0. The van der Waals surface area contributed by atoms with Gasteiger partial charge in [-0.15, -0.1) is 0 Å². The Kier molecular flexibility index (Phi) is 4.60. The second-order valence-corrected chi connectivity index (χ2v) is 7.27. The number of hydrogen-bond donors (Lipinski definition) is 1. The Morgan fingerprint density at radius 1 is 1.04 bits per heavy atom. The molecule has 0 amide bonds. The fraction of sp³-hybridized carbons (Fsp3) is 0.0455. The van der Waals surface area contributed by atoms with Gasteiger partial charge in [0.05, 0.1) is 16.3 Å². The summed E-state index contributed by atoms with van der Waals surface area (Å²) in [6.07, 6.45) is 1.72. The van der Waals surface area contributed by atoms with Crippen LogP contribution < -0.4 is 16.1 Å². The van der Waals surface area contributed by atoms with Crippen molar-refractivity contribution in [2.45, 2.75) is 16.9 Å². The predicted molar refractivity (Wildman–Crippen MR) is 109 cm³/mol. The van der Waals surface area contributed by atoms with Crippen LogP contribution in [0.25, 0.3) is 18.3 Å². The van der Waals surface area contributed by atoms with Crippen LogP contribution in [0.2, 0.25) is 0 Å². The number of benzene rings is 2. The minimum Gasteiger partial charge on any atom is -0.450 e. The first kappa shape index (κ1) is 17.2. The number of H-pyrrole nitrogens is 1. The van der Waals surface area contributed by atoms with E-state index in [1.807, 2.05) is 42.5 Å². The minimum absolute atomic E-state index is 0.157. The van der Waals surface area contributed by atoms with Gasteiger partial charge in [-0.3, -0.25) is 9.89 Å². The summed E-state index contributed by atoms with van der Waals surface area (Å²) in [5.74, 6) is 0.617.